The second-order valence-electron chi connectivity index (χ2n) is 4.68. The van der Waals surface area contributed by atoms with E-state index in [1.165, 1.54) is 11.1 Å². The number of benzene rings is 1. The zero-order valence-electron chi connectivity index (χ0n) is 10.8. The van der Waals surface area contributed by atoms with E-state index in [1.54, 1.807) is 6.92 Å². The largest absolute Gasteiger partial charge is 0.339 e. The predicted octanol–water partition coefficient (Wildman–Crippen LogP) is 3.17. The summed E-state index contributed by atoms with van der Waals surface area (Å²) in [7, 11) is 1.87. The Labute approximate surface area is 98.3 Å². The second kappa shape index (κ2) is 5.15. The van der Waals surface area contributed by atoms with Gasteiger partial charge in [0.05, 0.1) is 6.04 Å². The van der Waals surface area contributed by atoms with Gasteiger partial charge in [0.1, 0.15) is 0 Å². The Morgan fingerprint density at radius 3 is 2.25 bits per heavy atom. The topological polar surface area (TPSA) is 20.3 Å². The van der Waals surface area contributed by atoms with Crippen LogP contribution in [-0.2, 0) is 4.79 Å². The first-order valence-electron chi connectivity index (χ1n) is 5.74. The third-order valence-corrected chi connectivity index (χ3v) is 3.05. The maximum atomic E-state index is 11.5. The molecule has 1 unspecified atom stereocenters. The summed E-state index contributed by atoms with van der Waals surface area (Å²) in [6, 6.07) is 8.44. The number of carbonyl (C=O) groups excluding carboxylic acids is 1. The van der Waals surface area contributed by atoms with Crippen LogP contribution in [0.25, 0.3) is 0 Å². The lowest BCUT2D eigenvalue weighted by Crippen LogP contribution is -2.32. The van der Waals surface area contributed by atoms with Gasteiger partial charge in [-0.05, 0) is 24.0 Å². The monoisotopic (exact) mass is 219 g/mol. The molecule has 0 spiro atoms. The van der Waals surface area contributed by atoms with Crippen molar-refractivity contribution < 1.29 is 4.79 Å². The molecule has 1 aromatic carbocycles. The van der Waals surface area contributed by atoms with E-state index >= 15 is 0 Å². The number of carbonyl (C=O) groups is 1. The molecule has 0 N–H and O–H groups in total. The smallest absolute Gasteiger partial charge is 0.219 e. The Bertz CT molecular complexity index is 371. The molecule has 0 heterocycles. The van der Waals surface area contributed by atoms with Gasteiger partial charge in [-0.3, -0.25) is 4.79 Å². The zero-order chi connectivity index (χ0) is 12.3. The Kier molecular flexibility index (Phi) is 4.11. The molecule has 0 aromatic heterocycles. The minimum Gasteiger partial charge on any atom is -0.339 e. The fourth-order valence-corrected chi connectivity index (χ4v) is 2.13. The van der Waals surface area contributed by atoms with Gasteiger partial charge in [-0.25, -0.2) is 0 Å². The maximum absolute atomic E-state index is 11.5. The summed E-state index contributed by atoms with van der Waals surface area (Å²) in [5.74, 6) is 0.525. The van der Waals surface area contributed by atoms with Gasteiger partial charge in [-0.15, -0.1) is 0 Å². The van der Waals surface area contributed by atoms with Crippen LogP contribution in [0.15, 0.2) is 24.3 Å². The zero-order valence-corrected chi connectivity index (χ0v) is 10.8. The van der Waals surface area contributed by atoms with Crippen molar-refractivity contribution in [3.8, 4) is 0 Å². The van der Waals surface area contributed by atoms with Gasteiger partial charge in [-0.1, -0.05) is 38.1 Å². The second-order valence-corrected chi connectivity index (χ2v) is 4.68. The molecule has 0 saturated heterocycles. The van der Waals surface area contributed by atoms with Crippen molar-refractivity contribution in [3.05, 3.63) is 35.4 Å². The summed E-state index contributed by atoms with van der Waals surface area (Å²) < 4.78 is 0. The van der Waals surface area contributed by atoms with Crippen molar-refractivity contribution in [2.75, 3.05) is 7.05 Å². The lowest BCUT2D eigenvalue weighted by atomic mass is 9.91. The van der Waals surface area contributed by atoms with Crippen LogP contribution in [0.3, 0.4) is 0 Å². The van der Waals surface area contributed by atoms with Gasteiger partial charge in [0, 0.05) is 14.0 Å². The van der Waals surface area contributed by atoms with Crippen LogP contribution in [0.4, 0.5) is 0 Å². The highest BCUT2D eigenvalue weighted by molar-refractivity contribution is 5.73. The van der Waals surface area contributed by atoms with Crippen LogP contribution in [0.2, 0.25) is 0 Å². The lowest BCUT2D eigenvalue weighted by molar-refractivity contribution is -0.130. The van der Waals surface area contributed by atoms with Gasteiger partial charge in [0.2, 0.25) is 5.91 Å². The number of hydrogen-bond acceptors (Lipinski definition) is 1. The molecule has 88 valence electrons. The van der Waals surface area contributed by atoms with E-state index in [-0.39, 0.29) is 11.9 Å². The summed E-state index contributed by atoms with van der Waals surface area (Å²) in [6.45, 7) is 8.01. The predicted molar refractivity (Wildman–Crippen MR) is 67.2 cm³/mol. The van der Waals surface area contributed by atoms with Gasteiger partial charge in [-0.2, -0.15) is 0 Å². The molecular formula is C14H21NO. The van der Waals surface area contributed by atoms with E-state index in [2.05, 4.69) is 32.9 Å². The summed E-state index contributed by atoms with van der Waals surface area (Å²) >= 11 is 0. The molecule has 1 aromatic rings. The van der Waals surface area contributed by atoms with Crippen molar-refractivity contribution in [2.24, 2.45) is 5.92 Å². The number of hydrogen-bond donors (Lipinski definition) is 0. The molecule has 0 saturated carbocycles. The molecular weight excluding hydrogens is 198 g/mol. The minimum atomic E-state index is 0.113. The van der Waals surface area contributed by atoms with Gasteiger partial charge in [0.15, 0.2) is 0 Å². The van der Waals surface area contributed by atoms with Crippen LogP contribution in [0.5, 0.6) is 0 Å². The van der Waals surface area contributed by atoms with Crippen molar-refractivity contribution in [1.82, 2.24) is 4.90 Å². The highest BCUT2D eigenvalue weighted by atomic mass is 16.2. The molecule has 1 atom stereocenters. The summed E-state index contributed by atoms with van der Waals surface area (Å²) in [4.78, 5) is 13.3. The average Bonchev–Trinajstić information content (AvgIpc) is 2.20. The fraction of sp³-hybridized carbons (Fsp3) is 0.500. The van der Waals surface area contributed by atoms with E-state index in [1.807, 2.05) is 24.1 Å². The number of nitrogens with zero attached hydrogens (tertiary/aromatic N) is 1. The van der Waals surface area contributed by atoms with E-state index in [4.69, 9.17) is 0 Å². The van der Waals surface area contributed by atoms with E-state index in [0.717, 1.165) is 0 Å². The first-order valence-corrected chi connectivity index (χ1v) is 5.74. The first kappa shape index (κ1) is 12.8. The van der Waals surface area contributed by atoms with Crippen molar-refractivity contribution in [2.45, 2.75) is 33.7 Å². The number of aryl methyl sites for hydroxylation is 1. The molecule has 2 heteroatoms. The molecule has 0 fully saturated rings. The van der Waals surface area contributed by atoms with Crippen LogP contribution < -0.4 is 0 Å². The van der Waals surface area contributed by atoms with Crippen LogP contribution >= 0.6 is 0 Å². The SMILES string of the molecule is CC(=O)N(C)C(c1ccccc1C)C(C)C. The molecule has 0 radical (unpaired) electrons. The molecule has 0 aliphatic heterocycles. The van der Waals surface area contributed by atoms with Crippen LogP contribution in [-0.4, -0.2) is 17.9 Å². The van der Waals surface area contributed by atoms with Gasteiger partial charge in [0.25, 0.3) is 0 Å². The quantitative estimate of drug-likeness (QED) is 0.764. The summed E-state index contributed by atoms with van der Waals surface area (Å²) in [5.41, 5.74) is 2.49. The van der Waals surface area contributed by atoms with Crippen LogP contribution in [0, 0.1) is 12.8 Å². The van der Waals surface area contributed by atoms with Crippen molar-refractivity contribution in [3.63, 3.8) is 0 Å². The van der Waals surface area contributed by atoms with Crippen molar-refractivity contribution >= 4 is 5.91 Å². The standard InChI is InChI=1S/C14H21NO/c1-10(2)14(15(5)12(4)16)13-9-7-6-8-11(13)3/h6-10,14H,1-5H3. The molecule has 1 rings (SSSR count). The molecule has 16 heavy (non-hydrogen) atoms. The summed E-state index contributed by atoms with van der Waals surface area (Å²) in [5, 5.41) is 0. The minimum absolute atomic E-state index is 0.113. The third-order valence-electron chi connectivity index (χ3n) is 3.05. The molecule has 0 bridgehead atoms. The molecule has 2 nitrogen and oxygen atoms in total. The number of rotatable bonds is 3. The number of amides is 1. The van der Waals surface area contributed by atoms with Gasteiger partial charge >= 0.3 is 0 Å². The van der Waals surface area contributed by atoms with Crippen LogP contribution in [0.1, 0.15) is 37.9 Å². The van der Waals surface area contributed by atoms with Gasteiger partial charge < -0.3 is 4.90 Å². The molecule has 1 amide bonds. The molecule has 0 aliphatic carbocycles. The van der Waals surface area contributed by atoms with E-state index < -0.39 is 0 Å². The Hall–Kier alpha value is -1.31. The highest BCUT2D eigenvalue weighted by Gasteiger charge is 2.23. The Morgan fingerprint density at radius 2 is 1.81 bits per heavy atom. The third kappa shape index (κ3) is 2.63. The van der Waals surface area contributed by atoms with E-state index in [9.17, 15) is 4.79 Å². The van der Waals surface area contributed by atoms with Crippen molar-refractivity contribution in [1.29, 1.82) is 0 Å². The first-order chi connectivity index (χ1) is 7.45. The normalized spacial score (nSPS) is 12.6. The average molecular weight is 219 g/mol. The maximum Gasteiger partial charge on any atom is 0.219 e. The van der Waals surface area contributed by atoms with E-state index in [0.29, 0.717) is 5.92 Å². The lowest BCUT2D eigenvalue weighted by Gasteiger charge is -2.32. The summed E-state index contributed by atoms with van der Waals surface area (Å²) in [6.07, 6.45) is 0. The Morgan fingerprint density at radius 1 is 1.25 bits per heavy atom. The fourth-order valence-electron chi connectivity index (χ4n) is 2.13. The molecule has 0 aliphatic rings. The highest BCUT2D eigenvalue weighted by Crippen LogP contribution is 2.29. The Balaban J connectivity index is 3.13.